The van der Waals surface area contributed by atoms with Gasteiger partial charge in [0, 0.05) is 5.54 Å². The molecule has 0 saturated heterocycles. The molecule has 1 aromatic heterocycles. The highest BCUT2D eigenvalue weighted by atomic mass is 32.1. The molecule has 0 bridgehead atoms. The number of amides is 2. The minimum absolute atomic E-state index is 0.259. The standard InChI is InChI=1S/C13H17N3O2S/c1-13(2,3)16-11(17)15-12-14-10-8(18-4)6-5-7-9(10)19-12/h5-7H,1-4H3,(H2,14,15,16,17). The van der Waals surface area contributed by atoms with Crippen LogP contribution in [0.5, 0.6) is 5.75 Å². The van der Waals surface area contributed by atoms with E-state index < -0.39 is 0 Å². The molecule has 2 rings (SSSR count). The Balaban J connectivity index is 2.20. The monoisotopic (exact) mass is 279 g/mol. The molecule has 2 aromatic rings. The first-order valence-electron chi connectivity index (χ1n) is 5.92. The fourth-order valence-electron chi connectivity index (χ4n) is 1.61. The Morgan fingerprint density at radius 1 is 1.37 bits per heavy atom. The number of carbonyl (C=O) groups excluding carboxylic acids is 1. The van der Waals surface area contributed by atoms with E-state index in [4.69, 9.17) is 4.74 Å². The van der Waals surface area contributed by atoms with E-state index in [-0.39, 0.29) is 11.6 Å². The van der Waals surface area contributed by atoms with Gasteiger partial charge in [0.05, 0.1) is 11.8 Å². The lowest BCUT2D eigenvalue weighted by Crippen LogP contribution is -2.43. The molecule has 0 unspecified atom stereocenters. The molecular weight excluding hydrogens is 262 g/mol. The lowest BCUT2D eigenvalue weighted by molar-refractivity contribution is 0.244. The molecule has 0 aliphatic rings. The molecule has 2 N–H and O–H groups in total. The summed E-state index contributed by atoms with van der Waals surface area (Å²) in [4.78, 5) is 16.1. The number of anilines is 1. The van der Waals surface area contributed by atoms with Crippen molar-refractivity contribution in [1.82, 2.24) is 10.3 Å². The summed E-state index contributed by atoms with van der Waals surface area (Å²) in [5.74, 6) is 0.707. The first-order valence-corrected chi connectivity index (χ1v) is 6.73. The Morgan fingerprint density at radius 3 is 2.74 bits per heavy atom. The van der Waals surface area contributed by atoms with Gasteiger partial charge in [0.15, 0.2) is 5.13 Å². The Bertz CT molecular complexity index is 601. The zero-order chi connectivity index (χ0) is 14.0. The Labute approximate surface area is 116 Å². The van der Waals surface area contributed by atoms with Crippen LogP contribution in [-0.2, 0) is 0 Å². The van der Waals surface area contributed by atoms with Crippen molar-refractivity contribution in [2.45, 2.75) is 26.3 Å². The van der Waals surface area contributed by atoms with E-state index in [1.54, 1.807) is 7.11 Å². The van der Waals surface area contributed by atoms with Gasteiger partial charge in [0.25, 0.3) is 0 Å². The highest BCUT2D eigenvalue weighted by Gasteiger charge is 2.15. The van der Waals surface area contributed by atoms with Crippen molar-refractivity contribution < 1.29 is 9.53 Å². The third-order valence-electron chi connectivity index (χ3n) is 2.31. The molecule has 0 atom stereocenters. The fourth-order valence-corrected chi connectivity index (χ4v) is 2.49. The van der Waals surface area contributed by atoms with Gasteiger partial charge >= 0.3 is 6.03 Å². The highest BCUT2D eigenvalue weighted by molar-refractivity contribution is 7.22. The Morgan fingerprint density at radius 2 is 2.11 bits per heavy atom. The number of aromatic nitrogens is 1. The van der Waals surface area contributed by atoms with E-state index in [2.05, 4.69) is 15.6 Å². The van der Waals surface area contributed by atoms with Gasteiger partial charge in [-0.1, -0.05) is 17.4 Å². The fraction of sp³-hybridized carbons (Fsp3) is 0.385. The largest absolute Gasteiger partial charge is 0.494 e. The van der Waals surface area contributed by atoms with Crippen molar-refractivity contribution in [2.24, 2.45) is 0 Å². The van der Waals surface area contributed by atoms with Gasteiger partial charge in [0.1, 0.15) is 11.3 Å². The van der Waals surface area contributed by atoms with Crippen molar-refractivity contribution >= 4 is 32.7 Å². The van der Waals surface area contributed by atoms with Crippen LogP contribution in [0.25, 0.3) is 10.2 Å². The predicted molar refractivity (Wildman–Crippen MR) is 78.1 cm³/mol. The number of rotatable bonds is 2. The van der Waals surface area contributed by atoms with Crippen LogP contribution in [-0.4, -0.2) is 23.7 Å². The Kier molecular flexibility index (Phi) is 3.61. The van der Waals surface area contributed by atoms with Gasteiger partial charge in [-0.3, -0.25) is 5.32 Å². The van der Waals surface area contributed by atoms with Crippen molar-refractivity contribution in [3.8, 4) is 5.75 Å². The molecule has 1 aromatic carbocycles. The first-order chi connectivity index (χ1) is 8.89. The number of carbonyl (C=O) groups is 1. The maximum Gasteiger partial charge on any atom is 0.321 e. The van der Waals surface area contributed by atoms with E-state index in [9.17, 15) is 4.79 Å². The third-order valence-corrected chi connectivity index (χ3v) is 3.25. The van der Waals surface area contributed by atoms with Crippen LogP contribution in [0.2, 0.25) is 0 Å². The molecule has 1 heterocycles. The smallest absolute Gasteiger partial charge is 0.321 e. The van der Waals surface area contributed by atoms with Crippen LogP contribution in [0, 0.1) is 0 Å². The van der Waals surface area contributed by atoms with Crippen LogP contribution in [0.1, 0.15) is 20.8 Å². The summed E-state index contributed by atoms with van der Waals surface area (Å²) in [5, 5.41) is 6.12. The maximum absolute atomic E-state index is 11.8. The highest BCUT2D eigenvalue weighted by Crippen LogP contribution is 2.31. The number of hydrogen-bond acceptors (Lipinski definition) is 4. The number of methoxy groups -OCH3 is 1. The van der Waals surface area contributed by atoms with E-state index in [0.717, 1.165) is 10.2 Å². The van der Waals surface area contributed by atoms with E-state index >= 15 is 0 Å². The molecule has 0 radical (unpaired) electrons. The predicted octanol–water partition coefficient (Wildman–Crippen LogP) is 3.22. The second kappa shape index (κ2) is 5.05. The number of ether oxygens (including phenoxy) is 1. The van der Waals surface area contributed by atoms with Crippen molar-refractivity contribution in [1.29, 1.82) is 0 Å². The summed E-state index contributed by atoms with van der Waals surface area (Å²) >= 11 is 1.42. The van der Waals surface area contributed by atoms with Crippen molar-refractivity contribution in [2.75, 3.05) is 12.4 Å². The number of hydrogen-bond donors (Lipinski definition) is 2. The number of para-hydroxylation sites is 1. The molecule has 0 saturated carbocycles. The first kappa shape index (κ1) is 13.6. The zero-order valence-electron chi connectivity index (χ0n) is 11.4. The number of thiazole rings is 1. The van der Waals surface area contributed by atoms with Gasteiger partial charge in [-0.2, -0.15) is 0 Å². The summed E-state index contributed by atoms with van der Waals surface area (Å²) in [7, 11) is 1.60. The van der Waals surface area contributed by atoms with Gasteiger partial charge in [-0.05, 0) is 32.9 Å². The molecule has 0 fully saturated rings. The second-order valence-electron chi connectivity index (χ2n) is 5.16. The van der Waals surface area contributed by atoms with Crippen molar-refractivity contribution in [3.05, 3.63) is 18.2 Å². The van der Waals surface area contributed by atoms with E-state index in [1.807, 2.05) is 39.0 Å². The summed E-state index contributed by atoms with van der Waals surface area (Å²) in [6.07, 6.45) is 0. The maximum atomic E-state index is 11.8. The SMILES string of the molecule is COc1cccc2sc(NC(=O)NC(C)(C)C)nc12. The lowest BCUT2D eigenvalue weighted by atomic mass is 10.1. The molecule has 2 amide bonds. The molecule has 0 aliphatic heterocycles. The molecule has 0 spiro atoms. The molecule has 5 nitrogen and oxygen atoms in total. The topological polar surface area (TPSA) is 63.2 Å². The molecular formula is C13H17N3O2S. The average Bonchev–Trinajstić information content (AvgIpc) is 2.67. The second-order valence-corrected chi connectivity index (χ2v) is 6.19. The van der Waals surface area contributed by atoms with E-state index in [0.29, 0.717) is 10.9 Å². The summed E-state index contributed by atoms with van der Waals surface area (Å²) in [6, 6.07) is 5.44. The van der Waals surface area contributed by atoms with Gasteiger partial charge in [0.2, 0.25) is 0 Å². The van der Waals surface area contributed by atoms with E-state index in [1.165, 1.54) is 11.3 Å². The Hall–Kier alpha value is -1.82. The van der Waals surface area contributed by atoms with Crippen LogP contribution >= 0.6 is 11.3 Å². The molecule has 19 heavy (non-hydrogen) atoms. The van der Waals surface area contributed by atoms with Crippen LogP contribution in [0.3, 0.4) is 0 Å². The zero-order valence-corrected chi connectivity index (χ0v) is 12.2. The van der Waals surface area contributed by atoms with Gasteiger partial charge < -0.3 is 10.1 Å². The van der Waals surface area contributed by atoms with Crippen molar-refractivity contribution in [3.63, 3.8) is 0 Å². The molecule has 0 aliphatic carbocycles. The number of nitrogens with zero attached hydrogens (tertiary/aromatic N) is 1. The number of urea groups is 1. The molecule has 6 heteroatoms. The third kappa shape index (κ3) is 3.35. The quantitative estimate of drug-likeness (QED) is 0.887. The minimum Gasteiger partial charge on any atom is -0.494 e. The summed E-state index contributed by atoms with van der Waals surface area (Å²) in [6.45, 7) is 5.77. The number of nitrogens with one attached hydrogen (secondary N) is 2. The normalized spacial score (nSPS) is 11.4. The summed E-state index contributed by atoms with van der Waals surface area (Å²) < 4.78 is 6.22. The molecule has 102 valence electrons. The summed E-state index contributed by atoms with van der Waals surface area (Å²) in [5.41, 5.74) is 0.486. The van der Waals surface area contributed by atoms with Gasteiger partial charge in [-0.15, -0.1) is 0 Å². The minimum atomic E-state index is -0.279. The van der Waals surface area contributed by atoms with Crippen LogP contribution < -0.4 is 15.4 Å². The number of fused-ring (bicyclic) bond motifs is 1. The number of benzene rings is 1. The van der Waals surface area contributed by atoms with Crippen LogP contribution in [0.4, 0.5) is 9.93 Å². The van der Waals surface area contributed by atoms with Crippen LogP contribution in [0.15, 0.2) is 18.2 Å². The average molecular weight is 279 g/mol. The van der Waals surface area contributed by atoms with Gasteiger partial charge in [-0.25, -0.2) is 9.78 Å². The lowest BCUT2D eigenvalue weighted by Gasteiger charge is -2.19.